The summed E-state index contributed by atoms with van der Waals surface area (Å²) in [4.78, 5) is 18.0. The van der Waals surface area contributed by atoms with Gasteiger partial charge >= 0.3 is 0 Å². The molecule has 0 aromatic heterocycles. The van der Waals surface area contributed by atoms with Gasteiger partial charge in [-0.1, -0.05) is 41.0 Å². The van der Waals surface area contributed by atoms with Gasteiger partial charge in [0.05, 0.1) is 5.36 Å². The second-order valence-electron chi connectivity index (χ2n) is 6.27. The van der Waals surface area contributed by atoms with E-state index in [4.69, 9.17) is 10.1 Å². The Bertz CT molecular complexity index is 845. The van der Waals surface area contributed by atoms with Crippen LogP contribution in [-0.2, 0) is 4.79 Å². The molecular weight excluding hydrogens is 388 g/mol. The third-order valence-corrected chi connectivity index (χ3v) is 5.95. The van der Waals surface area contributed by atoms with E-state index in [0.29, 0.717) is 10.9 Å². The van der Waals surface area contributed by atoms with E-state index in [0.717, 1.165) is 46.5 Å². The molecule has 0 bridgehead atoms. The van der Waals surface area contributed by atoms with Crippen LogP contribution in [0.15, 0.2) is 32.8 Å². The number of carbonyl (C=O) groups excluding carboxylic acids is 1. The van der Waals surface area contributed by atoms with Crippen molar-refractivity contribution >= 4 is 44.5 Å². The highest BCUT2D eigenvalue weighted by Crippen LogP contribution is 2.39. The molecule has 0 unspecified atom stereocenters. The fourth-order valence-electron chi connectivity index (χ4n) is 3.67. The summed E-state index contributed by atoms with van der Waals surface area (Å²) in [6, 6.07) is 5.94. The van der Waals surface area contributed by atoms with Crippen LogP contribution in [0.2, 0.25) is 0 Å². The molecule has 1 saturated carbocycles. The van der Waals surface area contributed by atoms with Crippen molar-refractivity contribution in [2.24, 2.45) is 10.1 Å². The maximum atomic E-state index is 12.9. The van der Waals surface area contributed by atoms with Crippen molar-refractivity contribution in [2.45, 2.75) is 44.7 Å². The van der Waals surface area contributed by atoms with Crippen molar-refractivity contribution < 1.29 is 4.79 Å². The Morgan fingerprint density at radius 3 is 2.88 bits per heavy atom. The van der Waals surface area contributed by atoms with E-state index >= 15 is 0 Å². The highest BCUT2D eigenvalue weighted by atomic mass is 79.9. The number of thioether (sulfide) groups is 1. The number of hydrazone groups is 1. The van der Waals surface area contributed by atoms with Gasteiger partial charge in [0.25, 0.3) is 5.91 Å². The molecule has 7 heteroatoms. The predicted molar refractivity (Wildman–Crippen MR) is 99.7 cm³/mol. The molecule has 1 amide bonds. The molecule has 126 valence electrons. The maximum absolute atomic E-state index is 12.9. The number of carbonyl (C=O) groups is 1. The number of rotatable bonds is 1. The van der Waals surface area contributed by atoms with Gasteiger partial charge in [-0.25, -0.2) is 5.01 Å². The minimum Gasteiger partial charge on any atom is -0.298 e. The monoisotopic (exact) mass is 406 g/mol. The molecule has 3 aliphatic rings. The molecule has 1 fully saturated rings. The van der Waals surface area contributed by atoms with Crippen LogP contribution in [0.25, 0.3) is 5.70 Å². The van der Waals surface area contributed by atoms with Crippen LogP contribution in [0.1, 0.15) is 39.0 Å². The molecule has 5 nitrogen and oxygen atoms in total. The van der Waals surface area contributed by atoms with Crippen LogP contribution < -0.4 is 15.9 Å². The van der Waals surface area contributed by atoms with Crippen LogP contribution in [0.5, 0.6) is 0 Å². The zero-order valence-corrected chi connectivity index (χ0v) is 15.9. The minimum absolute atomic E-state index is 0.0832. The number of benzene rings is 1. The van der Waals surface area contributed by atoms with Crippen LogP contribution in [0, 0.1) is 0 Å². The maximum Gasteiger partial charge on any atom is 0.276 e. The lowest BCUT2D eigenvalue weighted by atomic mass is 9.87. The third-order valence-electron chi connectivity index (χ3n) is 4.71. The summed E-state index contributed by atoms with van der Waals surface area (Å²) >= 11 is 5.06. The molecule has 2 aliphatic heterocycles. The summed E-state index contributed by atoms with van der Waals surface area (Å²) in [6.07, 6.45) is 5.33. The van der Waals surface area contributed by atoms with E-state index in [1.165, 1.54) is 6.42 Å². The zero-order chi connectivity index (χ0) is 16.7. The number of amidine groups is 1. The van der Waals surface area contributed by atoms with Crippen molar-refractivity contribution in [1.29, 1.82) is 0 Å². The van der Waals surface area contributed by atoms with Crippen molar-refractivity contribution in [3.8, 4) is 0 Å². The van der Waals surface area contributed by atoms with Gasteiger partial charge in [0.15, 0.2) is 10.8 Å². The summed E-state index contributed by atoms with van der Waals surface area (Å²) in [5.41, 5.74) is 0.217. The first-order valence-electron chi connectivity index (χ1n) is 8.36. The van der Waals surface area contributed by atoms with Gasteiger partial charge in [0.1, 0.15) is 5.70 Å². The average molecular weight is 407 g/mol. The van der Waals surface area contributed by atoms with E-state index in [-0.39, 0.29) is 5.91 Å². The fourth-order valence-corrected chi connectivity index (χ4v) is 4.60. The molecule has 1 aliphatic carbocycles. The topological polar surface area (TPSA) is 57.1 Å². The molecule has 24 heavy (non-hydrogen) atoms. The number of nitrogens with zero attached hydrogens (tertiary/aromatic N) is 3. The number of fused-ring (bicyclic) bond motifs is 3. The van der Waals surface area contributed by atoms with Crippen LogP contribution in [-0.4, -0.2) is 27.5 Å². The highest BCUT2D eigenvalue weighted by Gasteiger charge is 2.45. The van der Waals surface area contributed by atoms with Gasteiger partial charge in [-0.05, 0) is 49.6 Å². The SMILES string of the molecule is CCSC1=NN2C(=c3cc(Br)ccc3=NC23CCCCC3)C(=O)N1. The summed E-state index contributed by atoms with van der Waals surface area (Å²) in [6.45, 7) is 2.06. The molecule has 1 aromatic carbocycles. The first-order valence-corrected chi connectivity index (χ1v) is 10.1. The zero-order valence-electron chi connectivity index (χ0n) is 13.5. The van der Waals surface area contributed by atoms with Crippen molar-refractivity contribution in [3.63, 3.8) is 0 Å². The number of amides is 1. The Morgan fingerprint density at radius 1 is 1.33 bits per heavy atom. The Labute approximate surface area is 153 Å². The minimum atomic E-state index is -0.411. The van der Waals surface area contributed by atoms with Crippen molar-refractivity contribution in [1.82, 2.24) is 10.3 Å². The molecule has 0 radical (unpaired) electrons. The number of hydrogen-bond acceptors (Lipinski definition) is 5. The lowest BCUT2D eigenvalue weighted by Crippen LogP contribution is -2.59. The molecule has 0 saturated heterocycles. The molecule has 2 heterocycles. The Hall–Kier alpha value is -1.34. The lowest BCUT2D eigenvalue weighted by Gasteiger charge is -2.45. The first-order chi connectivity index (χ1) is 11.6. The Kier molecular flexibility index (Phi) is 4.16. The highest BCUT2D eigenvalue weighted by molar-refractivity contribution is 9.10. The van der Waals surface area contributed by atoms with Crippen molar-refractivity contribution in [3.05, 3.63) is 33.2 Å². The summed E-state index contributed by atoms with van der Waals surface area (Å²) < 4.78 is 0.939. The van der Waals surface area contributed by atoms with Crippen LogP contribution >= 0.6 is 27.7 Å². The summed E-state index contributed by atoms with van der Waals surface area (Å²) in [5.74, 6) is 0.786. The molecular formula is C17H19BrN4OS. The third kappa shape index (κ3) is 2.58. The molecule has 1 aromatic rings. The molecule has 1 N–H and O–H groups in total. The van der Waals surface area contributed by atoms with Gasteiger partial charge in [-0.3, -0.25) is 15.1 Å². The Morgan fingerprint density at radius 2 is 2.12 bits per heavy atom. The van der Waals surface area contributed by atoms with Crippen LogP contribution in [0.3, 0.4) is 0 Å². The van der Waals surface area contributed by atoms with Crippen molar-refractivity contribution in [2.75, 3.05) is 5.75 Å². The van der Waals surface area contributed by atoms with E-state index in [1.807, 2.05) is 23.2 Å². The quantitative estimate of drug-likeness (QED) is 0.778. The first kappa shape index (κ1) is 16.1. The van der Waals surface area contributed by atoms with E-state index in [9.17, 15) is 4.79 Å². The number of halogens is 1. The smallest absolute Gasteiger partial charge is 0.276 e. The Balaban J connectivity index is 1.98. The standard InChI is InChI=1S/C17H19BrN4OS/c1-2-24-16-19-15(23)14-12-10-11(18)6-7-13(12)20-17(22(14)21-16)8-4-3-5-9-17/h6-7,10H,2-5,8-9H2,1H3,(H,19,21,23). The average Bonchev–Trinajstić information content (AvgIpc) is 2.57. The summed E-state index contributed by atoms with van der Waals surface area (Å²) in [5, 5.41) is 12.0. The normalized spacial score (nSPS) is 21.6. The molecule has 4 rings (SSSR count). The lowest BCUT2D eigenvalue weighted by molar-refractivity contribution is -0.116. The van der Waals surface area contributed by atoms with Gasteiger partial charge < -0.3 is 0 Å². The van der Waals surface area contributed by atoms with Gasteiger partial charge in [0.2, 0.25) is 0 Å². The fraction of sp³-hybridized carbons (Fsp3) is 0.471. The van der Waals surface area contributed by atoms with Gasteiger partial charge in [0, 0.05) is 9.69 Å². The van der Waals surface area contributed by atoms with E-state index in [1.54, 1.807) is 11.8 Å². The summed E-state index contributed by atoms with van der Waals surface area (Å²) in [7, 11) is 0. The van der Waals surface area contributed by atoms with E-state index in [2.05, 4.69) is 28.2 Å². The second kappa shape index (κ2) is 6.19. The van der Waals surface area contributed by atoms with E-state index < -0.39 is 5.66 Å². The molecule has 0 atom stereocenters. The van der Waals surface area contributed by atoms with Gasteiger partial charge in [-0.15, -0.1) is 5.10 Å². The largest absolute Gasteiger partial charge is 0.298 e. The van der Waals surface area contributed by atoms with Crippen LogP contribution in [0.4, 0.5) is 0 Å². The second-order valence-corrected chi connectivity index (χ2v) is 8.44. The molecule has 1 spiro atoms. The number of hydrogen-bond donors (Lipinski definition) is 1. The van der Waals surface area contributed by atoms with Gasteiger partial charge in [-0.2, -0.15) is 0 Å². The number of nitrogens with one attached hydrogen (secondary N) is 1. The predicted octanol–water partition coefficient (Wildman–Crippen LogP) is 2.31.